The zero-order valence-corrected chi connectivity index (χ0v) is 17.9. The number of amides is 2. The molecule has 156 valence electrons. The molecule has 0 saturated carbocycles. The number of pyridine rings is 1. The van der Waals surface area contributed by atoms with Gasteiger partial charge < -0.3 is 10.6 Å². The van der Waals surface area contributed by atoms with Crippen molar-refractivity contribution in [2.24, 2.45) is 0 Å². The second-order valence-corrected chi connectivity index (χ2v) is 8.28. The van der Waals surface area contributed by atoms with E-state index in [-0.39, 0.29) is 23.7 Å². The number of nitrogens with zero attached hydrogens (tertiary/aromatic N) is 6. The minimum atomic E-state index is -0.969. The molecular weight excluding hydrogens is 406 g/mol. The number of carbonyl (C=O) groups excluding carboxylic acids is 2. The number of anilines is 2. The topological polar surface area (TPSA) is 110 Å². The molecule has 3 aromatic rings. The van der Waals surface area contributed by atoms with E-state index in [4.69, 9.17) is 22.3 Å². The van der Waals surface area contributed by atoms with Crippen LogP contribution in [0.4, 0.5) is 11.6 Å². The van der Waals surface area contributed by atoms with Gasteiger partial charge in [-0.3, -0.25) is 14.5 Å². The first-order chi connectivity index (χ1) is 14.1. The van der Waals surface area contributed by atoms with Crippen molar-refractivity contribution in [1.29, 1.82) is 0 Å². The van der Waals surface area contributed by atoms with Crippen LogP contribution in [0.15, 0.2) is 30.6 Å². The molecule has 2 amide bonds. The Kier molecular flexibility index (Phi) is 4.65. The van der Waals surface area contributed by atoms with Crippen molar-refractivity contribution in [3.8, 4) is 11.4 Å². The molecule has 4 rings (SSSR count). The molecule has 9 nitrogen and oxygen atoms in total. The van der Waals surface area contributed by atoms with Gasteiger partial charge in [-0.2, -0.15) is 5.10 Å². The van der Waals surface area contributed by atoms with Crippen LogP contribution in [0, 0.1) is 0 Å². The molecule has 0 spiro atoms. The number of hydrogen-bond donors (Lipinski definition) is 1. The molecule has 1 aliphatic heterocycles. The SMILES string of the molecule is CC(=O)N1C[C@H](C)N(c2cccc(-c3cc(Cl)c4c(N)ncnn34)n2)C(=O)C1(C)C. The summed E-state index contributed by atoms with van der Waals surface area (Å²) in [7, 11) is 0. The van der Waals surface area contributed by atoms with Gasteiger partial charge >= 0.3 is 0 Å². The number of carbonyl (C=O) groups is 2. The Morgan fingerprint density at radius 1 is 1.33 bits per heavy atom. The highest BCUT2D eigenvalue weighted by atomic mass is 35.5. The Morgan fingerprint density at radius 2 is 2.07 bits per heavy atom. The number of nitrogens with two attached hydrogens (primary N) is 1. The third-order valence-electron chi connectivity index (χ3n) is 5.46. The number of fused-ring (bicyclic) bond motifs is 1. The highest BCUT2D eigenvalue weighted by Crippen LogP contribution is 2.33. The maximum absolute atomic E-state index is 13.3. The molecule has 0 radical (unpaired) electrons. The van der Waals surface area contributed by atoms with Crippen molar-refractivity contribution in [1.82, 2.24) is 24.5 Å². The number of rotatable bonds is 2. The number of aromatic nitrogens is 4. The van der Waals surface area contributed by atoms with E-state index >= 15 is 0 Å². The number of halogens is 1. The van der Waals surface area contributed by atoms with E-state index in [1.165, 1.54) is 13.3 Å². The van der Waals surface area contributed by atoms with Gasteiger partial charge in [0.05, 0.1) is 22.5 Å². The fourth-order valence-electron chi connectivity index (χ4n) is 3.94. The zero-order valence-electron chi connectivity index (χ0n) is 17.1. The quantitative estimate of drug-likeness (QED) is 0.672. The van der Waals surface area contributed by atoms with Gasteiger partial charge in [-0.15, -0.1) is 0 Å². The molecule has 3 aromatic heterocycles. The maximum Gasteiger partial charge on any atom is 0.253 e. The van der Waals surface area contributed by atoms with Crippen molar-refractivity contribution in [3.05, 3.63) is 35.6 Å². The van der Waals surface area contributed by atoms with Gasteiger partial charge in [0.1, 0.15) is 23.2 Å². The molecule has 10 heteroatoms. The second-order valence-electron chi connectivity index (χ2n) is 7.88. The largest absolute Gasteiger partial charge is 0.382 e. The Morgan fingerprint density at radius 3 is 2.77 bits per heavy atom. The Bertz CT molecular complexity index is 1170. The van der Waals surface area contributed by atoms with Gasteiger partial charge in [0.25, 0.3) is 5.91 Å². The molecule has 1 fully saturated rings. The van der Waals surface area contributed by atoms with Gasteiger partial charge in [0.15, 0.2) is 5.82 Å². The van der Waals surface area contributed by atoms with Crippen LogP contribution in [0.5, 0.6) is 0 Å². The van der Waals surface area contributed by atoms with E-state index in [2.05, 4.69) is 10.1 Å². The summed E-state index contributed by atoms with van der Waals surface area (Å²) in [6.45, 7) is 7.29. The standard InChI is InChI=1S/C20H22ClN7O2/c1-11-9-26(12(2)29)20(3,4)19(30)27(11)16-7-5-6-14(25-16)15-8-13(21)17-18(22)23-10-24-28(15)17/h5-8,10-11H,9H2,1-4H3,(H2,22,23,24)/t11-/m0/s1. The second kappa shape index (κ2) is 6.94. The van der Waals surface area contributed by atoms with Crippen molar-refractivity contribution in [2.75, 3.05) is 17.2 Å². The van der Waals surface area contributed by atoms with Crippen LogP contribution >= 0.6 is 11.6 Å². The number of hydrogen-bond acceptors (Lipinski definition) is 6. The van der Waals surface area contributed by atoms with E-state index in [9.17, 15) is 9.59 Å². The van der Waals surface area contributed by atoms with Crippen LogP contribution in [0.25, 0.3) is 16.9 Å². The van der Waals surface area contributed by atoms with Crippen LogP contribution in [-0.4, -0.2) is 54.4 Å². The van der Waals surface area contributed by atoms with Crippen molar-refractivity contribution in [2.45, 2.75) is 39.3 Å². The lowest BCUT2D eigenvalue weighted by molar-refractivity contribution is -0.146. The number of nitrogen functional groups attached to an aromatic ring is 1. The van der Waals surface area contributed by atoms with Gasteiger partial charge in [-0.05, 0) is 39.0 Å². The summed E-state index contributed by atoms with van der Waals surface area (Å²) in [5.41, 5.74) is 6.68. The minimum absolute atomic E-state index is 0.131. The first kappa shape index (κ1) is 20.1. The molecule has 0 bridgehead atoms. The van der Waals surface area contributed by atoms with Crippen molar-refractivity contribution < 1.29 is 9.59 Å². The fraction of sp³-hybridized carbons (Fsp3) is 0.350. The summed E-state index contributed by atoms with van der Waals surface area (Å²) in [4.78, 5) is 37.3. The van der Waals surface area contributed by atoms with Gasteiger partial charge in [0.2, 0.25) is 5.91 Å². The van der Waals surface area contributed by atoms with Gasteiger partial charge in [0, 0.05) is 13.5 Å². The fourth-order valence-corrected chi connectivity index (χ4v) is 4.22. The summed E-state index contributed by atoms with van der Waals surface area (Å²) < 4.78 is 1.58. The number of piperazine rings is 1. The molecule has 1 aliphatic rings. The summed E-state index contributed by atoms with van der Waals surface area (Å²) in [5, 5.41) is 4.65. The van der Waals surface area contributed by atoms with Crippen molar-refractivity contribution in [3.63, 3.8) is 0 Å². The molecule has 0 unspecified atom stereocenters. The molecule has 0 aromatic carbocycles. The molecule has 30 heavy (non-hydrogen) atoms. The van der Waals surface area contributed by atoms with Gasteiger partial charge in [-0.1, -0.05) is 17.7 Å². The molecule has 1 saturated heterocycles. The highest BCUT2D eigenvalue weighted by molar-refractivity contribution is 6.35. The zero-order chi connectivity index (χ0) is 21.8. The monoisotopic (exact) mass is 427 g/mol. The van der Waals surface area contributed by atoms with Crippen LogP contribution < -0.4 is 10.6 Å². The third-order valence-corrected chi connectivity index (χ3v) is 5.75. The Labute approximate surface area is 178 Å². The molecule has 2 N–H and O–H groups in total. The maximum atomic E-state index is 13.3. The average Bonchev–Trinajstić information content (AvgIpc) is 3.03. The van der Waals surface area contributed by atoms with Gasteiger partial charge in [-0.25, -0.2) is 14.5 Å². The van der Waals surface area contributed by atoms with Crippen LogP contribution in [0.1, 0.15) is 27.7 Å². The Balaban J connectivity index is 1.79. The van der Waals surface area contributed by atoms with Crippen LogP contribution in [0.3, 0.4) is 0 Å². The van der Waals surface area contributed by atoms with Crippen molar-refractivity contribution >= 4 is 40.6 Å². The lowest BCUT2D eigenvalue weighted by atomic mass is 9.94. The summed E-state index contributed by atoms with van der Waals surface area (Å²) in [6.07, 6.45) is 1.35. The molecule has 1 atom stereocenters. The normalized spacial score (nSPS) is 18.8. The lowest BCUT2D eigenvalue weighted by Crippen LogP contribution is -2.67. The summed E-state index contributed by atoms with van der Waals surface area (Å²) in [6, 6.07) is 6.89. The minimum Gasteiger partial charge on any atom is -0.382 e. The molecule has 0 aliphatic carbocycles. The van der Waals surface area contributed by atoms with Crippen LogP contribution in [0.2, 0.25) is 5.02 Å². The van der Waals surface area contributed by atoms with Crippen LogP contribution in [-0.2, 0) is 9.59 Å². The molecule has 4 heterocycles. The third kappa shape index (κ3) is 2.97. The molecular formula is C20H22ClN7O2. The van der Waals surface area contributed by atoms with E-state index in [1.54, 1.807) is 40.3 Å². The predicted octanol–water partition coefficient (Wildman–Crippen LogP) is 2.39. The first-order valence-electron chi connectivity index (χ1n) is 9.50. The van der Waals surface area contributed by atoms with E-state index in [0.29, 0.717) is 34.3 Å². The summed E-state index contributed by atoms with van der Waals surface area (Å²) >= 11 is 6.34. The summed E-state index contributed by atoms with van der Waals surface area (Å²) in [5.74, 6) is 0.441. The predicted molar refractivity (Wildman–Crippen MR) is 114 cm³/mol. The van der Waals surface area contributed by atoms with E-state index < -0.39 is 5.54 Å². The van der Waals surface area contributed by atoms with E-state index in [0.717, 1.165) is 0 Å². The first-order valence-corrected chi connectivity index (χ1v) is 9.87. The Hall–Kier alpha value is -3.20. The highest BCUT2D eigenvalue weighted by Gasteiger charge is 2.47. The average molecular weight is 428 g/mol. The lowest BCUT2D eigenvalue weighted by Gasteiger charge is -2.48. The van der Waals surface area contributed by atoms with E-state index in [1.807, 2.05) is 19.1 Å². The smallest absolute Gasteiger partial charge is 0.253 e.